The fourth-order valence-corrected chi connectivity index (χ4v) is 2.37. The summed E-state index contributed by atoms with van der Waals surface area (Å²) in [4.78, 5) is 11.1. The number of benzene rings is 1. The molecule has 3 nitrogen and oxygen atoms in total. The molecule has 106 valence electrons. The second kappa shape index (κ2) is 6.60. The van der Waals surface area contributed by atoms with Crippen LogP contribution in [-0.4, -0.2) is 18.2 Å². The number of carboxylic acids is 1. The number of methoxy groups -OCH3 is 1. The number of carbonyl (C=O) groups is 1. The van der Waals surface area contributed by atoms with Crippen molar-refractivity contribution in [2.24, 2.45) is 5.92 Å². The van der Waals surface area contributed by atoms with Gasteiger partial charge in [-0.05, 0) is 35.4 Å². The maximum Gasteiger partial charge on any atom is 0.306 e. The molecular weight excluding hydrogens is 240 g/mol. The summed E-state index contributed by atoms with van der Waals surface area (Å²) in [6, 6.07) is 4.19. The van der Waals surface area contributed by atoms with Crippen molar-refractivity contribution in [2.45, 2.75) is 46.5 Å². The van der Waals surface area contributed by atoms with Gasteiger partial charge in [-0.1, -0.05) is 39.8 Å². The third-order valence-corrected chi connectivity index (χ3v) is 3.52. The molecule has 3 heteroatoms. The van der Waals surface area contributed by atoms with Gasteiger partial charge in [0.25, 0.3) is 0 Å². The number of ether oxygens (including phenoxy) is 1. The molecule has 1 atom stereocenters. The summed E-state index contributed by atoms with van der Waals surface area (Å²) in [6.07, 6.45) is 1.40. The average Bonchev–Trinajstić information content (AvgIpc) is 2.37. The monoisotopic (exact) mass is 264 g/mol. The molecule has 0 amide bonds. The summed E-state index contributed by atoms with van der Waals surface area (Å²) in [6.45, 7) is 8.06. The largest absolute Gasteiger partial charge is 0.496 e. The molecule has 0 fully saturated rings. The van der Waals surface area contributed by atoms with Crippen LogP contribution in [0.2, 0.25) is 0 Å². The first-order valence-electron chi connectivity index (χ1n) is 6.83. The second-order valence-electron chi connectivity index (χ2n) is 5.28. The summed E-state index contributed by atoms with van der Waals surface area (Å²) in [5.74, 6) is 0.0507. The lowest BCUT2D eigenvalue weighted by atomic mass is 9.88. The van der Waals surface area contributed by atoms with Crippen LogP contribution in [-0.2, 0) is 17.6 Å². The van der Waals surface area contributed by atoms with Gasteiger partial charge in [0.15, 0.2) is 0 Å². The fraction of sp³-hybridized carbons (Fsp3) is 0.562. The average molecular weight is 264 g/mol. The molecule has 1 aromatic carbocycles. The molecule has 0 aliphatic rings. The van der Waals surface area contributed by atoms with Crippen LogP contribution in [0.15, 0.2) is 12.1 Å². The smallest absolute Gasteiger partial charge is 0.306 e. The van der Waals surface area contributed by atoms with Gasteiger partial charge in [-0.3, -0.25) is 4.79 Å². The van der Waals surface area contributed by atoms with Gasteiger partial charge < -0.3 is 9.84 Å². The summed E-state index contributed by atoms with van der Waals surface area (Å²) in [5.41, 5.74) is 3.37. The molecule has 19 heavy (non-hydrogen) atoms. The van der Waals surface area contributed by atoms with Crippen LogP contribution in [0.4, 0.5) is 0 Å². The second-order valence-corrected chi connectivity index (χ2v) is 5.28. The van der Waals surface area contributed by atoms with E-state index in [-0.39, 0.29) is 0 Å². The third-order valence-electron chi connectivity index (χ3n) is 3.52. The highest BCUT2D eigenvalue weighted by Crippen LogP contribution is 2.33. The van der Waals surface area contributed by atoms with Gasteiger partial charge >= 0.3 is 5.97 Å². The lowest BCUT2D eigenvalue weighted by Gasteiger charge is -2.20. The van der Waals surface area contributed by atoms with Crippen LogP contribution in [0.1, 0.15) is 50.3 Å². The molecule has 0 aliphatic heterocycles. The number of hydrogen-bond donors (Lipinski definition) is 1. The Labute approximate surface area is 115 Å². The minimum absolute atomic E-state index is 0.357. The Morgan fingerprint density at radius 2 is 1.95 bits per heavy atom. The zero-order chi connectivity index (χ0) is 14.6. The van der Waals surface area contributed by atoms with Crippen molar-refractivity contribution in [1.29, 1.82) is 0 Å². The van der Waals surface area contributed by atoms with E-state index >= 15 is 0 Å². The summed E-state index contributed by atoms with van der Waals surface area (Å²) < 4.78 is 5.55. The van der Waals surface area contributed by atoms with Crippen molar-refractivity contribution in [1.82, 2.24) is 0 Å². The van der Waals surface area contributed by atoms with Gasteiger partial charge in [0.2, 0.25) is 0 Å². The van der Waals surface area contributed by atoms with Crippen LogP contribution < -0.4 is 4.74 Å². The van der Waals surface area contributed by atoms with E-state index in [4.69, 9.17) is 9.84 Å². The van der Waals surface area contributed by atoms with Crippen molar-refractivity contribution < 1.29 is 14.6 Å². The highest BCUT2D eigenvalue weighted by Gasteiger charge is 2.20. The minimum atomic E-state index is -0.765. The van der Waals surface area contributed by atoms with E-state index in [1.165, 1.54) is 5.56 Å². The maximum absolute atomic E-state index is 11.1. The summed E-state index contributed by atoms with van der Waals surface area (Å²) in [7, 11) is 1.66. The summed E-state index contributed by atoms with van der Waals surface area (Å²) in [5, 5.41) is 9.12. The van der Waals surface area contributed by atoms with Crippen LogP contribution in [0.3, 0.4) is 0 Å². The molecule has 0 aliphatic carbocycles. The van der Waals surface area contributed by atoms with Gasteiger partial charge in [0.05, 0.1) is 13.0 Å². The zero-order valence-corrected chi connectivity index (χ0v) is 12.5. The molecule has 0 saturated heterocycles. The summed E-state index contributed by atoms with van der Waals surface area (Å²) >= 11 is 0. The number of aryl methyl sites for hydroxylation is 1. The lowest BCUT2D eigenvalue weighted by molar-refractivity contribution is -0.141. The van der Waals surface area contributed by atoms with E-state index in [0.717, 1.165) is 23.3 Å². The first-order valence-corrected chi connectivity index (χ1v) is 6.83. The fourth-order valence-electron chi connectivity index (χ4n) is 2.37. The van der Waals surface area contributed by atoms with Gasteiger partial charge in [-0.15, -0.1) is 0 Å². The molecule has 1 rings (SSSR count). The Balaban J connectivity index is 3.32. The highest BCUT2D eigenvalue weighted by atomic mass is 16.5. The predicted octanol–water partition coefficient (Wildman–Crippen LogP) is 3.64. The Bertz CT molecular complexity index is 450. The van der Waals surface area contributed by atoms with E-state index in [1.807, 2.05) is 0 Å². The molecule has 0 radical (unpaired) electrons. The van der Waals surface area contributed by atoms with E-state index in [0.29, 0.717) is 12.3 Å². The third kappa shape index (κ3) is 3.49. The van der Waals surface area contributed by atoms with Gasteiger partial charge in [-0.25, -0.2) is 0 Å². The Morgan fingerprint density at radius 3 is 2.37 bits per heavy atom. The molecule has 0 heterocycles. The Kier molecular flexibility index (Phi) is 5.40. The van der Waals surface area contributed by atoms with Crippen LogP contribution in [0.25, 0.3) is 0 Å². The molecule has 1 unspecified atom stereocenters. The molecular formula is C16H24O3. The standard InChI is InChI=1S/C16H24O3/c1-6-12-7-8-13(10(2)3)14(15(12)19-5)9-11(4)16(17)18/h7-8,10-11H,6,9H2,1-5H3,(H,17,18). The van der Waals surface area contributed by atoms with Gasteiger partial charge in [-0.2, -0.15) is 0 Å². The van der Waals surface area contributed by atoms with E-state index in [2.05, 4.69) is 32.9 Å². The van der Waals surface area contributed by atoms with Crippen molar-refractivity contribution >= 4 is 5.97 Å². The van der Waals surface area contributed by atoms with Gasteiger partial charge in [0.1, 0.15) is 5.75 Å². The topological polar surface area (TPSA) is 46.5 Å². The quantitative estimate of drug-likeness (QED) is 0.853. The Hall–Kier alpha value is -1.51. The molecule has 0 saturated carbocycles. The van der Waals surface area contributed by atoms with E-state index < -0.39 is 11.9 Å². The van der Waals surface area contributed by atoms with Crippen LogP contribution >= 0.6 is 0 Å². The van der Waals surface area contributed by atoms with Crippen LogP contribution in [0, 0.1) is 5.92 Å². The highest BCUT2D eigenvalue weighted by molar-refractivity contribution is 5.70. The van der Waals surface area contributed by atoms with Gasteiger partial charge in [0, 0.05) is 0 Å². The molecule has 0 bridgehead atoms. The van der Waals surface area contributed by atoms with Crippen molar-refractivity contribution in [3.63, 3.8) is 0 Å². The number of rotatable bonds is 6. The number of hydrogen-bond acceptors (Lipinski definition) is 2. The van der Waals surface area contributed by atoms with Crippen molar-refractivity contribution in [2.75, 3.05) is 7.11 Å². The molecule has 0 spiro atoms. The number of carboxylic acid groups (broad SMARTS) is 1. The number of aliphatic carboxylic acids is 1. The first kappa shape index (κ1) is 15.5. The predicted molar refractivity (Wildman–Crippen MR) is 77.0 cm³/mol. The maximum atomic E-state index is 11.1. The van der Waals surface area contributed by atoms with Crippen molar-refractivity contribution in [3.8, 4) is 5.75 Å². The normalized spacial score (nSPS) is 12.5. The lowest BCUT2D eigenvalue weighted by Crippen LogP contribution is -2.15. The molecule has 1 aromatic rings. The van der Waals surface area contributed by atoms with E-state index in [1.54, 1.807) is 14.0 Å². The minimum Gasteiger partial charge on any atom is -0.496 e. The van der Waals surface area contributed by atoms with E-state index in [9.17, 15) is 4.79 Å². The Morgan fingerprint density at radius 1 is 1.32 bits per heavy atom. The first-order chi connectivity index (χ1) is 8.92. The van der Waals surface area contributed by atoms with Crippen LogP contribution in [0.5, 0.6) is 5.75 Å². The SMILES string of the molecule is CCc1ccc(C(C)C)c(CC(C)C(=O)O)c1OC. The zero-order valence-electron chi connectivity index (χ0n) is 12.5. The molecule has 0 aromatic heterocycles. The molecule has 1 N–H and O–H groups in total. The van der Waals surface area contributed by atoms with Crippen molar-refractivity contribution in [3.05, 3.63) is 28.8 Å².